The summed E-state index contributed by atoms with van der Waals surface area (Å²) in [5, 5.41) is 59.0. The quantitative estimate of drug-likeness (QED) is 0.0940. The molecule has 0 aromatic rings. The molecule has 0 aromatic carbocycles. The molecule has 0 amide bonds. The zero-order chi connectivity index (χ0) is 31.6. The summed E-state index contributed by atoms with van der Waals surface area (Å²) in [7, 11) is 0. The highest BCUT2D eigenvalue weighted by molar-refractivity contribution is 5.66. The normalized spacial score (nSPS) is 42.5. The summed E-state index contributed by atoms with van der Waals surface area (Å²) in [6.07, 6.45) is -4.88. The molecule has 16 nitrogen and oxygen atoms in total. The van der Waals surface area contributed by atoms with Crippen LogP contribution in [0, 0.1) is 0 Å². The van der Waals surface area contributed by atoms with Gasteiger partial charge in [-0.2, -0.15) is 0 Å². The number of hydrogen-bond donors (Lipinski definition) is 11. The van der Waals surface area contributed by atoms with Gasteiger partial charge in [0.05, 0.1) is 30.9 Å². The first kappa shape index (κ1) is 37.1. The van der Waals surface area contributed by atoms with Crippen LogP contribution in [0.5, 0.6) is 0 Å². The van der Waals surface area contributed by atoms with E-state index >= 15 is 0 Å². The highest BCUT2D eigenvalue weighted by Crippen LogP contribution is 2.30. The Bertz CT molecular complexity index is 787. The molecule has 0 aromatic heterocycles. The third kappa shape index (κ3) is 10.2. The number of carboxylic acid groups (broad SMARTS) is 1. The molecule has 3 fully saturated rings. The van der Waals surface area contributed by atoms with E-state index < -0.39 is 98.2 Å². The molecule has 42 heavy (non-hydrogen) atoms. The molecule has 3 aliphatic rings. The molecular weight excluding hydrogens is 558 g/mol. The van der Waals surface area contributed by atoms with Crippen LogP contribution in [-0.2, 0) is 23.7 Å². The summed E-state index contributed by atoms with van der Waals surface area (Å²) in [6, 6.07) is -3.27. The molecule has 248 valence electrons. The van der Waals surface area contributed by atoms with Crippen molar-refractivity contribution in [1.82, 2.24) is 0 Å². The Labute approximate surface area is 246 Å². The first-order valence-electron chi connectivity index (χ1n) is 14.7. The Balaban J connectivity index is 0.000000528. The number of carbonyl (C=O) groups is 1. The maximum atomic E-state index is 11.0. The fourth-order valence-corrected chi connectivity index (χ4v) is 5.31. The van der Waals surface area contributed by atoms with Gasteiger partial charge in [-0.25, -0.2) is 0 Å². The Hall–Kier alpha value is -1.09. The molecule has 1 aliphatic carbocycles. The van der Waals surface area contributed by atoms with Gasteiger partial charge in [0.25, 0.3) is 0 Å². The summed E-state index contributed by atoms with van der Waals surface area (Å²) in [4.78, 5) is 10.0. The topological polar surface area (TPSA) is 305 Å². The average Bonchev–Trinajstić information content (AvgIpc) is 2.94. The lowest BCUT2D eigenvalue weighted by atomic mass is 9.84. The number of carboxylic acids is 1. The van der Waals surface area contributed by atoms with Crippen molar-refractivity contribution in [3.63, 3.8) is 0 Å². The van der Waals surface area contributed by atoms with Crippen LogP contribution in [0.3, 0.4) is 0 Å². The first-order valence-corrected chi connectivity index (χ1v) is 14.7. The van der Waals surface area contributed by atoms with Gasteiger partial charge in [-0.05, 0) is 19.3 Å². The Morgan fingerprint density at radius 3 is 1.90 bits per heavy atom. The molecule has 1 saturated carbocycles. The summed E-state index contributed by atoms with van der Waals surface area (Å²) < 4.78 is 22.7. The van der Waals surface area contributed by atoms with Gasteiger partial charge in [0, 0.05) is 25.0 Å². The fraction of sp³-hybridized carbons (Fsp3) is 0.962. The molecule has 16 N–H and O–H groups in total. The van der Waals surface area contributed by atoms with Crippen molar-refractivity contribution in [2.75, 3.05) is 13.2 Å². The maximum absolute atomic E-state index is 11.0. The molecule has 0 spiro atoms. The van der Waals surface area contributed by atoms with Crippen molar-refractivity contribution in [3.8, 4) is 0 Å². The molecule has 14 atom stereocenters. The summed E-state index contributed by atoms with van der Waals surface area (Å²) >= 11 is 0. The molecule has 16 heteroatoms. The predicted octanol–water partition coefficient (Wildman–Crippen LogP) is -3.86. The van der Waals surface area contributed by atoms with E-state index in [1.165, 1.54) is 19.3 Å². The molecule has 2 saturated heterocycles. The van der Waals surface area contributed by atoms with E-state index in [9.17, 15) is 30.3 Å². The van der Waals surface area contributed by atoms with E-state index in [1.54, 1.807) is 0 Å². The van der Waals surface area contributed by atoms with Gasteiger partial charge in [0.2, 0.25) is 0 Å². The number of aliphatic hydroxyl groups excluding tert-OH is 5. The lowest BCUT2D eigenvalue weighted by Gasteiger charge is -2.47. The molecule has 3 rings (SSSR count). The van der Waals surface area contributed by atoms with Crippen LogP contribution >= 0.6 is 0 Å². The van der Waals surface area contributed by atoms with Gasteiger partial charge in [0.15, 0.2) is 12.6 Å². The first-order chi connectivity index (χ1) is 19.9. The van der Waals surface area contributed by atoms with E-state index in [0.717, 1.165) is 12.8 Å². The van der Waals surface area contributed by atoms with Crippen LogP contribution in [-0.4, -0.2) is 135 Å². The second kappa shape index (κ2) is 18.0. The molecule has 0 radical (unpaired) electrons. The Morgan fingerprint density at radius 1 is 0.786 bits per heavy atom. The minimum Gasteiger partial charge on any atom is -0.481 e. The van der Waals surface area contributed by atoms with Gasteiger partial charge in [-0.3, -0.25) is 4.79 Å². The highest BCUT2D eigenvalue weighted by atomic mass is 16.7. The number of aliphatic carboxylic acids is 1. The van der Waals surface area contributed by atoms with E-state index in [2.05, 4.69) is 6.92 Å². The SMILES string of the molecule is CCCCCCCC(=O)O.NC[C@H]1O[C@H](O[C@H]2[C@H](O)[C@@H](O[C@H]3O[C@H](CO)[C@@H](O)[C@H](N)[C@H]3O)[C@H](N)C[C@@H]2N)[C@H](N)C[C@@H]1O. The van der Waals surface area contributed by atoms with E-state index in [0.29, 0.717) is 6.42 Å². The van der Waals surface area contributed by atoms with Crippen LogP contribution in [0.15, 0.2) is 0 Å². The van der Waals surface area contributed by atoms with Crippen molar-refractivity contribution in [1.29, 1.82) is 0 Å². The standard InChI is InChI=1S/C18H37N5O9.C8H16O2/c19-3-9-8(25)2-7(22)17(29-9)31-15-5(20)1-6(21)16(14(15)28)32-18-13(27)11(23)12(26)10(4-24)30-18;1-2-3-4-5-6-7-8(9)10/h5-18,24-28H,1-4,19-23H2;2-7H2,1H3,(H,9,10)/t5-,6+,7+,8-,9+,10+,11-,12+,13+,14-,15+,16-,17+,18+;/m0./s1. The van der Waals surface area contributed by atoms with Crippen LogP contribution in [0.1, 0.15) is 58.3 Å². The largest absolute Gasteiger partial charge is 0.481 e. The second-order valence-corrected chi connectivity index (χ2v) is 11.3. The van der Waals surface area contributed by atoms with Crippen LogP contribution < -0.4 is 28.7 Å². The Morgan fingerprint density at radius 2 is 1.36 bits per heavy atom. The third-order valence-electron chi connectivity index (χ3n) is 7.91. The fourth-order valence-electron chi connectivity index (χ4n) is 5.31. The molecule has 0 bridgehead atoms. The number of unbranched alkanes of at least 4 members (excludes halogenated alkanes) is 4. The van der Waals surface area contributed by atoms with Crippen LogP contribution in [0.25, 0.3) is 0 Å². The number of nitrogens with two attached hydrogens (primary N) is 5. The summed E-state index contributed by atoms with van der Waals surface area (Å²) in [5.74, 6) is -0.670. The van der Waals surface area contributed by atoms with Crippen molar-refractivity contribution >= 4 is 5.97 Å². The molecule has 2 heterocycles. The van der Waals surface area contributed by atoms with Gasteiger partial charge < -0.3 is 78.3 Å². The summed E-state index contributed by atoms with van der Waals surface area (Å²) in [5.41, 5.74) is 29.8. The van der Waals surface area contributed by atoms with Crippen molar-refractivity contribution in [2.45, 2.75) is 144 Å². The zero-order valence-electron chi connectivity index (χ0n) is 24.3. The maximum Gasteiger partial charge on any atom is 0.303 e. The predicted molar refractivity (Wildman–Crippen MR) is 149 cm³/mol. The zero-order valence-corrected chi connectivity index (χ0v) is 24.3. The van der Waals surface area contributed by atoms with Gasteiger partial charge >= 0.3 is 5.97 Å². The number of hydrogen-bond acceptors (Lipinski definition) is 15. The minimum absolute atomic E-state index is 0.0542. The number of ether oxygens (including phenoxy) is 4. The van der Waals surface area contributed by atoms with E-state index in [-0.39, 0.29) is 19.4 Å². The van der Waals surface area contributed by atoms with E-state index in [1.807, 2.05) is 0 Å². The molecule has 0 unspecified atom stereocenters. The average molecular weight is 612 g/mol. The summed E-state index contributed by atoms with van der Waals surface area (Å²) in [6.45, 7) is 1.65. The monoisotopic (exact) mass is 611 g/mol. The van der Waals surface area contributed by atoms with E-state index in [4.69, 9.17) is 52.7 Å². The van der Waals surface area contributed by atoms with Crippen molar-refractivity contribution in [2.24, 2.45) is 28.7 Å². The highest BCUT2D eigenvalue weighted by Gasteiger charge is 2.50. The van der Waals surface area contributed by atoms with Crippen molar-refractivity contribution in [3.05, 3.63) is 0 Å². The minimum atomic E-state index is -1.44. The lowest BCUT2D eigenvalue weighted by molar-refractivity contribution is -0.314. The number of rotatable bonds is 12. The van der Waals surface area contributed by atoms with Crippen LogP contribution in [0.2, 0.25) is 0 Å². The van der Waals surface area contributed by atoms with Gasteiger partial charge in [0.1, 0.15) is 36.6 Å². The number of aliphatic hydroxyl groups is 5. The molecule has 2 aliphatic heterocycles. The second-order valence-electron chi connectivity index (χ2n) is 11.3. The van der Waals surface area contributed by atoms with Crippen molar-refractivity contribution < 1.29 is 54.4 Å². The van der Waals surface area contributed by atoms with Gasteiger partial charge in [-0.15, -0.1) is 0 Å². The third-order valence-corrected chi connectivity index (χ3v) is 7.91. The Kier molecular flexibility index (Phi) is 15.9. The smallest absolute Gasteiger partial charge is 0.303 e. The van der Waals surface area contributed by atoms with Gasteiger partial charge in [-0.1, -0.05) is 32.6 Å². The van der Waals surface area contributed by atoms with Crippen LogP contribution in [0.4, 0.5) is 0 Å². The molecular formula is C26H53N5O11. The lowest BCUT2D eigenvalue weighted by Crippen LogP contribution is -2.68.